The number of nitrogens with one attached hydrogen (secondary N) is 2. The molecule has 0 spiro atoms. The first-order valence-electron chi connectivity index (χ1n) is 9.44. The van der Waals surface area contributed by atoms with E-state index < -0.39 is 11.9 Å². The SMILES string of the molecule is NC(=O)C(CC(=O)NCCc1ccccc1)NC(=O)CCC1CCCC1. The smallest absolute Gasteiger partial charge is 0.240 e. The molecule has 1 fully saturated rings. The second kappa shape index (κ2) is 10.6. The second-order valence-corrected chi connectivity index (χ2v) is 7.00. The van der Waals surface area contributed by atoms with E-state index in [0.717, 1.165) is 12.0 Å². The molecule has 0 heterocycles. The molecule has 1 aliphatic carbocycles. The normalized spacial score (nSPS) is 15.4. The van der Waals surface area contributed by atoms with Gasteiger partial charge in [-0.3, -0.25) is 14.4 Å². The number of carbonyl (C=O) groups is 3. The van der Waals surface area contributed by atoms with Crippen molar-refractivity contribution in [3.05, 3.63) is 35.9 Å². The van der Waals surface area contributed by atoms with Crippen LogP contribution in [0.25, 0.3) is 0 Å². The van der Waals surface area contributed by atoms with Crippen LogP contribution >= 0.6 is 0 Å². The van der Waals surface area contributed by atoms with Crippen molar-refractivity contribution in [2.45, 2.75) is 57.4 Å². The summed E-state index contributed by atoms with van der Waals surface area (Å²) in [6, 6.07) is 8.85. The van der Waals surface area contributed by atoms with Crippen LogP contribution in [0.1, 0.15) is 50.5 Å². The van der Waals surface area contributed by atoms with Crippen LogP contribution < -0.4 is 16.4 Å². The van der Waals surface area contributed by atoms with Crippen molar-refractivity contribution in [2.75, 3.05) is 6.54 Å². The highest BCUT2D eigenvalue weighted by molar-refractivity contribution is 5.91. The number of hydrogen-bond acceptors (Lipinski definition) is 3. The molecule has 2 rings (SSSR count). The van der Waals surface area contributed by atoms with Gasteiger partial charge in [-0.1, -0.05) is 56.0 Å². The van der Waals surface area contributed by atoms with Crippen molar-refractivity contribution in [1.82, 2.24) is 10.6 Å². The van der Waals surface area contributed by atoms with E-state index >= 15 is 0 Å². The topological polar surface area (TPSA) is 101 Å². The van der Waals surface area contributed by atoms with E-state index in [4.69, 9.17) is 5.73 Å². The van der Waals surface area contributed by atoms with Gasteiger partial charge in [-0.05, 0) is 24.3 Å². The van der Waals surface area contributed by atoms with Gasteiger partial charge in [-0.15, -0.1) is 0 Å². The third-order valence-electron chi connectivity index (χ3n) is 4.90. The van der Waals surface area contributed by atoms with Crippen LogP contribution in [0.5, 0.6) is 0 Å². The average Bonchev–Trinajstić information content (AvgIpc) is 3.14. The lowest BCUT2D eigenvalue weighted by molar-refractivity contribution is -0.130. The first kappa shape index (κ1) is 19.9. The van der Waals surface area contributed by atoms with E-state index in [9.17, 15) is 14.4 Å². The lowest BCUT2D eigenvalue weighted by Crippen LogP contribution is -2.47. The number of carbonyl (C=O) groups excluding carboxylic acids is 3. The number of nitrogens with two attached hydrogens (primary N) is 1. The predicted octanol–water partition coefficient (Wildman–Crippen LogP) is 1.68. The van der Waals surface area contributed by atoms with Crippen molar-refractivity contribution >= 4 is 17.7 Å². The maximum Gasteiger partial charge on any atom is 0.240 e. The molecule has 3 amide bonds. The molecule has 4 N–H and O–H groups in total. The van der Waals surface area contributed by atoms with Crippen molar-refractivity contribution in [2.24, 2.45) is 11.7 Å². The maximum absolute atomic E-state index is 12.0. The molecule has 26 heavy (non-hydrogen) atoms. The molecule has 142 valence electrons. The van der Waals surface area contributed by atoms with Gasteiger partial charge in [-0.2, -0.15) is 0 Å². The molecule has 1 aromatic rings. The summed E-state index contributed by atoms with van der Waals surface area (Å²) >= 11 is 0. The Morgan fingerprint density at radius 1 is 1.08 bits per heavy atom. The first-order valence-corrected chi connectivity index (χ1v) is 9.44. The minimum Gasteiger partial charge on any atom is -0.368 e. The molecule has 1 saturated carbocycles. The van der Waals surface area contributed by atoms with Gasteiger partial charge in [0, 0.05) is 13.0 Å². The highest BCUT2D eigenvalue weighted by atomic mass is 16.2. The minimum absolute atomic E-state index is 0.126. The molecule has 1 aliphatic rings. The van der Waals surface area contributed by atoms with E-state index in [-0.39, 0.29) is 18.2 Å². The first-order chi connectivity index (χ1) is 12.5. The Hall–Kier alpha value is -2.37. The monoisotopic (exact) mass is 359 g/mol. The largest absolute Gasteiger partial charge is 0.368 e. The van der Waals surface area contributed by atoms with Gasteiger partial charge in [-0.25, -0.2) is 0 Å². The molecule has 0 aromatic heterocycles. The van der Waals surface area contributed by atoms with E-state index in [1.54, 1.807) is 0 Å². The Balaban J connectivity index is 1.69. The molecular formula is C20H29N3O3. The molecule has 6 heteroatoms. The Morgan fingerprint density at radius 3 is 2.42 bits per heavy atom. The van der Waals surface area contributed by atoms with E-state index in [1.165, 1.54) is 25.7 Å². The quantitative estimate of drug-likeness (QED) is 0.592. The predicted molar refractivity (Wildman–Crippen MR) is 100 cm³/mol. The summed E-state index contributed by atoms with van der Waals surface area (Å²) in [5, 5.41) is 5.37. The third-order valence-corrected chi connectivity index (χ3v) is 4.90. The molecule has 0 aliphatic heterocycles. The van der Waals surface area contributed by atoms with E-state index in [2.05, 4.69) is 10.6 Å². The third kappa shape index (κ3) is 7.25. The van der Waals surface area contributed by atoms with Crippen LogP contribution in [0.15, 0.2) is 30.3 Å². The van der Waals surface area contributed by atoms with Crippen LogP contribution in [0, 0.1) is 5.92 Å². The average molecular weight is 359 g/mol. The van der Waals surface area contributed by atoms with Gasteiger partial charge in [0.15, 0.2) is 0 Å². The summed E-state index contributed by atoms with van der Waals surface area (Å²) in [4.78, 5) is 35.6. The van der Waals surface area contributed by atoms with Crippen molar-refractivity contribution in [3.63, 3.8) is 0 Å². The molecular weight excluding hydrogens is 330 g/mol. The summed E-state index contributed by atoms with van der Waals surface area (Å²) in [5.41, 5.74) is 6.46. The number of amides is 3. The van der Waals surface area contributed by atoms with Crippen LogP contribution in [0.3, 0.4) is 0 Å². The van der Waals surface area contributed by atoms with E-state index in [0.29, 0.717) is 25.3 Å². The molecule has 0 radical (unpaired) electrons. The van der Waals surface area contributed by atoms with E-state index in [1.807, 2.05) is 30.3 Å². The highest BCUT2D eigenvalue weighted by Gasteiger charge is 2.22. The Kier molecular flexibility index (Phi) is 8.12. The van der Waals surface area contributed by atoms with Crippen molar-refractivity contribution < 1.29 is 14.4 Å². The zero-order chi connectivity index (χ0) is 18.8. The van der Waals surface area contributed by atoms with Crippen LogP contribution in [0.2, 0.25) is 0 Å². The second-order valence-electron chi connectivity index (χ2n) is 7.00. The van der Waals surface area contributed by atoms with Gasteiger partial charge in [0.1, 0.15) is 6.04 Å². The highest BCUT2D eigenvalue weighted by Crippen LogP contribution is 2.28. The van der Waals surface area contributed by atoms with Crippen LogP contribution in [-0.2, 0) is 20.8 Å². The molecule has 0 saturated heterocycles. The number of rotatable bonds is 10. The molecule has 1 atom stereocenters. The lowest BCUT2D eigenvalue weighted by atomic mass is 10.0. The summed E-state index contributed by atoms with van der Waals surface area (Å²) in [6.07, 6.45) is 6.62. The Bertz CT molecular complexity index is 598. The summed E-state index contributed by atoms with van der Waals surface area (Å²) < 4.78 is 0. The fourth-order valence-electron chi connectivity index (χ4n) is 3.37. The van der Waals surface area contributed by atoms with Gasteiger partial charge >= 0.3 is 0 Å². The molecule has 1 unspecified atom stereocenters. The maximum atomic E-state index is 12.0. The van der Waals surface area contributed by atoms with Crippen molar-refractivity contribution in [1.29, 1.82) is 0 Å². The summed E-state index contributed by atoms with van der Waals surface area (Å²) in [7, 11) is 0. The Morgan fingerprint density at radius 2 is 1.77 bits per heavy atom. The van der Waals surface area contributed by atoms with Crippen molar-refractivity contribution in [3.8, 4) is 0 Å². The fraction of sp³-hybridized carbons (Fsp3) is 0.550. The standard InChI is InChI=1S/C20H29N3O3/c21-20(26)17(23-18(24)11-10-15-8-4-5-9-15)14-19(25)22-13-12-16-6-2-1-3-7-16/h1-3,6-7,15,17H,4-5,8-14H2,(H2,21,26)(H,22,25)(H,23,24). The number of hydrogen-bond donors (Lipinski definition) is 3. The Labute approximate surface area is 154 Å². The number of benzene rings is 1. The van der Waals surface area contributed by atoms with Gasteiger partial charge in [0.2, 0.25) is 17.7 Å². The molecule has 1 aromatic carbocycles. The van der Waals surface area contributed by atoms with Gasteiger partial charge in [0.25, 0.3) is 0 Å². The number of primary amides is 1. The zero-order valence-corrected chi connectivity index (χ0v) is 15.2. The zero-order valence-electron chi connectivity index (χ0n) is 15.2. The molecule has 0 bridgehead atoms. The van der Waals surface area contributed by atoms with Gasteiger partial charge in [0.05, 0.1) is 6.42 Å². The summed E-state index contributed by atoms with van der Waals surface area (Å²) in [5.74, 6) is -0.579. The van der Waals surface area contributed by atoms with Crippen LogP contribution in [-0.4, -0.2) is 30.3 Å². The fourth-order valence-corrected chi connectivity index (χ4v) is 3.37. The molecule has 6 nitrogen and oxygen atoms in total. The summed E-state index contributed by atoms with van der Waals surface area (Å²) in [6.45, 7) is 0.476. The lowest BCUT2D eigenvalue weighted by Gasteiger charge is -2.16. The van der Waals surface area contributed by atoms with Gasteiger partial charge < -0.3 is 16.4 Å². The van der Waals surface area contributed by atoms with Crippen LogP contribution in [0.4, 0.5) is 0 Å². The minimum atomic E-state index is -0.956.